The summed E-state index contributed by atoms with van der Waals surface area (Å²) in [6.45, 7) is 2.09. The average molecular weight is 406 g/mol. The molecule has 132 valence electrons. The first-order valence-electron chi connectivity index (χ1n) is 7.96. The third-order valence-electron chi connectivity index (χ3n) is 3.86. The molecular weight excluding hydrogens is 386 g/mol. The molecule has 0 spiro atoms. The van der Waals surface area contributed by atoms with E-state index in [0.29, 0.717) is 37.7 Å². The van der Waals surface area contributed by atoms with Gasteiger partial charge in [0.1, 0.15) is 12.4 Å². The molecule has 0 unspecified atom stereocenters. The van der Waals surface area contributed by atoms with Gasteiger partial charge in [-0.05, 0) is 34.1 Å². The summed E-state index contributed by atoms with van der Waals surface area (Å²) in [4.78, 5) is 14.0. The molecule has 0 radical (unpaired) electrons. The summed E-state index contributed by atoms with van der Waals surface area (Å²) in [7, 11) is 1.86. The molecule has 1 aliphatic rings. The minimum absolute atomic E-state index is 0.129. The van der Waals surface area contributed by atoms with Crippen LogP contribution in [0.5, 0.6) is 5.75 Å². The van der Waals surface area contributed by atoms with E-state index in [2.05, 4.69) is 26.3 Å². The van der Waals surface area contributed by atoms with Crippen molar-refractivity contribution in [2.75, 3.05) is 31.6 Å². The van der Waals surface area contributed by atoms with Crippen molar-refractivity contribution in [2.24, 2.45) is 12.8 Å². The fraction of sp³-hybridized carbons (Fsp3) is 0.294. The van der Waals surface area contributed by atoms with Crippen molar-refractivity contribution in [2.45, 2.75) is 0 Å². The fourth-order valence-electron chi connectivity index (χ4n) is 2.65. The largest absolute Gasteiger partial charge is 0.492 e. The number of urea groups is 1. The summed E-state index contributed by atoms with van der Waals surface area (Å²) in [5.74, 6) is 0.690. The van der Waals surface area contributed by atoms with Gasteiger partial charge >= 0.3 is 6.03 Å². The maximum Gasteiger partial charge on any atom is 0.322 e. The lowest BCUT2D eigenvalue weighted by atomic mass is 10.1. The summed E-state index contributed by atoms with van der Waals surface area (Å²) in [5, 5.41) is 7.18. The van der Waals surface area contributed by atoms with Gasteiger partial charge in [0.15, 0.2) is 0 Å². The SMILES string of the molecule is Cn1ncc(Br)c1-c1cc(NC(=O)N2CC=CC2)ccc1OCCN. The van der Waals surface area contributed by atoms with Gasteiger partial charge in [-0.3, -0.25) is 4.68 Å². The Hall–Kier alpha value is -2.32. The van der Waals surface area contributed by atoms with Crippen molar-refractivity contribution in [1.82, 2.24) is 14.7 Å². The van der Waals surface area contributed by atoms with Gasteiger partial charge in [-0.1, -0.05) is 12.2 Å². The summed E-state index contributed by atoms with van der Waals surface area (Å²) in [6.07, 6.45) is 5.67. The Morgan fingerprint density at radius 3 is 2.80 bits per heavy atom. The number of carbonyl (C=O) groups is 1. The van der Waals surface area contributed by atoms with E-state index < -0.39 is 0 Å². The molecule has 3 rings (SSSR count). The molecule has 0 bridgehead atoms. The minimum Gasteiger partial charge on any atom is -0.492 e. The van der Waals surface area contributed by atoms with E-state index >= 15 is 0 Å². The molecular formula is C17H20BrN5O2. The summed E-state index contributed by atoms with van der Waals surface area (Å²) < 4.78 is 8.36. The van der Waals surface area contributed by atoms with E-state index in [0.717, 1.165) is 15.7 Å². The number of hydrogen-bond acceptors (Lipinski definition) is 4. The molecule has 0 saturated heterocycles. The first kappa shape index (κ1) is 17.5. The Morgan fingerprint density at radius 1 is 1.40 bits per heavy atom. The van der Waals surface area contributed by atoms with Crippen LogP contribution in [0.25, 0.3) is 11.3 Å². The van der Waals surface area contributed by atoms with Crippen molar-refractivity contribution < 1.29 is 9.53 Å². The zero-order valence-electron chi connectivity index (χ0n) is 13.9. The molecule has 3 N–H and O–H groups in total. The van der Waals surface area contributed by atoms with Crippen molar-refractivity contribution >= 4 is 27.6 Å². The number of nitrogens with two attached hydrogens (primary N) is 1. The Morgan fingerprint density at radius 2 is 2.16 bits per heavy atom. The second kappa shape index (κ2) is 7.71. The second-order valence-electron chi connectivity index (χ2n) is 5.62. The smallest absolute Gasteiger partial charge is 0.322 e. The van der Waals surface area contributed by atoms with Crippen LogP contribution in [0.2, 0.25) is 0 Å². The number of anilines is 1. The third-order valence-corrected chi connectivity index (χ3v) is 4.44. The number of halogens is 1. The standard InChI is InChI=1S/C17H20BrN5O2/c1-22-16(14(18)11-20-22)13-10-12(4-5-15(13)25-9-6-19)21-17(24)23-7-2-3-8-23/h2-5,10-11H,6-9,19H2,1H3,(H,21,24). The van der Waals surface area contributed by atoms with E-state index in [1.54, 1.807) is 15.8 Å². The van der Waals surface area contributed by atoms with Crippen LogP contribution in [0.15, 0.2) is 41.0 Å². The molecule has 1 aromatic carbocycles. The number of benzene rings is 1. The average Bonchev–Trinajstić information content (AvgIpc) is 3.24. The third kappa shape index (κ3) is 3.85. The predicted octanol–water partition coefficient (Wildman–Crippen LogP) is 2.59. The molecule has 25 heavy (non-hydrogen) atoms. The monoisotopic (exact) mass is 405 g/mol. The molecule has 2 aromatic rings. The predicted molar refractivity (Wildman–Crippen MR) is 101 cm³/mol. The maximum atomic E-state index is 12.3. The number of nitrogens with one attached hydrogen (secondary N) is 1. The molecule has 1 aliphatic heterocycles. The molecule has 0 fully saturated rings. The van der Waals surface area contributed by atoms with Crippen LogP contribution in [0.4, 0.5) is 10.5 Å². The van der Waals surface area contributed by atoms with Gasteiger partial charge in [0, 0.05) is 37.9 Å². The minimum atomic E-state index is -0.129. The van der Waals surface area contributed by atoms with Gasteiger partial charge in [0.05, 0.1) is 16.4 Å². The number of nitrogens with zero attached hydrogens (tertiary/aromatic N) is 3. The Kier molecular flexibility index (Phi) is 5.40. The molecule has 0 saturated carbocycles. The Bertz CT molecular complexity index is 775. The first-order valence-corrected chi connectivity index (χ1v) is 8.75. The highest BCUT2D eigenvalue weighted by atomic mass is 79.9. The van der Waals surface area contributed by atoms with Gasteiger partial charge in [0.2, 0.25) is 0 Å². The van der Waals surface area contributed by atoms with Crippen LogP contribution in [-0.2, 0) is 7.05 Å². The zero-order chi connectivity index (χ0) is 17.8. The van der Waals surface area contributed by atoms with E-state index in [1.807, 2.05) is 37.4 Å². The summed E-state index contributed by atoms with van der Waals surface area (Å²) in [5.41, 5.74) is 7.94. The number of rotatable bonds is 5. The molecule has 2 amide bonds. The Labute approximate surface area is 154 Å². The fourth-order valence-corrected chi connectivity index (χ4v) is 3.21. The van der Waals surface area contributed by atoms with Crippen molar-refractivity contribution in [1.29, 1.82) is 0 Å². The zero-order valence-corrected chi connectivity index (χ0v) is 15.5. The van der Waals surface area contributed by atoms with Gasteiger partial charge in [0.25, 0.3) is 0 Å². The first-order chi connectivity index (χ1) is 12.1. The Balaban J connectivity index is 1.91. The lowest BCUT2D eigenvalue weighted by Crippen LogP contribution is -2.32. The lowest BCUT2D eigenvalue weighted by Gasteiger charge is -2.18. The number of aryl methyl sites for hydroxylation is 1. The van der Waals surface area contributed by atoms with Gasteiger partial charge < -0.3 is 20.7 Å². The molecule has 8 heteroatoms. The van der Waals surface area contributed by atoms with Crippen molar-refractivity contribution in [3.63, 3.8) is 0 Å². The quantitative estimate of drug-likeness (QED) is 0.748. The molecule has 1 aromatic heterocycles. The number of hydrogen-bond donors (Lipinski definition) is 2. The molecule has 0 atom stereocenters. The van der Waals surface area contributed by atoms with Crippen LogP contribution in [-0.4, -0.2) is 47.0 Å². The number of amides is 2. The summed E-state index contributed by atoms with van der Waals surface area (Å²) >= 11 is 3.52. The lowest BCUT2D eigenvalue weighted by molar-refractivity contribution is 0.224. The number of carbonyl (C=O) groups excluding carboxylic acids is 1. The van der Waals surface area contributed by atoms with Crippen molar-refractivity contribution in [3.8, 4) is 17.0 Å². The van der Waals surface area contributed by atoms with Gasteiger partial charge in [-0.15, -0.1) is 0 Å². The highest BCUT2D eigenvalue weighted by molar-refractivity contribution is 9.10. The molecule has 0 aliphatic carbocycles. The topological polar surface area (TPSA) is 85.4 Å². The normalized spacial score (nSPS) is 13.3. The maximum absolute atomic E-state index is 12.3. The highest BCUT2D eigenvalue weighted by Gasteiger charge is 2.18. The van der Waals surface area contributed by atoms with Crippen LogP contribution < -0.4 is 15.8 Å². The van der Waals surface area contributed by atoms with Crippen molar-refractivity contribution in [3.05, 3.63) is 41.0 Å². The second-order valence-corrected chi connectivity index (χ2v) is 6.47. The van der Waals surface area contributed by atoms with Crippen LogP contribution in [0.3, 0.4) is 0 Å². The van der Waals surface area contributed by atoms with Crippen LogP contribution >= 0.6 is 15.9 Å². The van der Waals surface area contributed by atoms with E-state index in [4.69, 9.17) is 10.5 Å². The van der Waals surface area contributed by atoms with Crippen LogP contribution in [0.1, 0.15) is 0 Å². The number of aromatic nitrogens is 2. The van der Waals surface area contributed by atoms with E-state index in [-0.39, 0.29) is 6.03 Å². The highest BCUT2D eigenvalue weighted by Crippen LogP contribution is 2.36. The molecule has 7 nitrogen and oxygen atoms in total. The van der Waals surface area contributed by atoms with E-state index in [9.17, 15) is 4.79 Å². The summed E-state index contributed by atoms with van der Waals surface area (Å²) in [6, 6.07) is 5.41. The van der Waals surface area contributed by atoms with Gasteiger partial charge in [-0.25, -0.2) is 4.79 Å². The van der Waals surface area contributed by atoms with Gasteiger partial charge in [-0.2, -0.15) is 5.10 Å². The molecule has 2 heterocycles. The number of ether oxygens (including phenoxy) is 1. The van der Waals surface area contributed by atoms with Crippen LogP contribution in [0, 0.1) is 0 Å². The van der Waals surface area contributed by atoms with E-state index in [1.165, 1.54) is 0 Å².